The minimum absolute atomic E-state index is 0.760. The number of benzene rings is 1. The predicted molar refractivity (Wildman–Crippen MR) is 59.3 cm³/mol. The standard InChI is InChI=1S/C12H12F3NO/c1-9-3-2-4-10(7-9)5-6-11(17)16-8-12(13,14)15/h2-7H,8H2,1H3,(H,16,17)/b6-5+. The first kappa shape index (κ1) is 13.3. The number of rotatable bonds is 3. The van der Waals surface area contributed by atoms with E-state index >= 15 is 0 Å². The Bertz CT molecular complexity index is 424. The van der Waals surface area contributed by atoms with Crippen LogP contribution in [0.3, 0.4) is 0 Å². The normalized spacial score (nSPS) is 11.8. The van der Waals surface area contributed by atoms with Crippen LogP contribution < -0.4 is 5.32 Å². The van der Waals surface area contributed by atoms with Crippen molar-refractivity contribution in [3.05, 3.63) is 41.5 Å². The number of halogens is 3. The number of carbonyl (C=O) groups excluding carboxylic acids is 1. The van der Waals surface area contributed by atoms with Gasteiger partial charge in [-0.05, 0) is 18.6 Å². The maximum absolute atomic E-state index is 11.8. The summed E-state index contributed by atoms with van der Waals surface area (Å²) in [4.78, 5) is 11.1. The van der Waals surface area contributed by atoms with Crippen LogP contribution in [0, 0.1) is 6.92 Å². The van der Waals surface area contributed by atoms with Crippen molar-refractivity contribution in [3.8, 4) is 0 Å². The Balaban J connectivity index is 2.51. The molecule has 17 heavy (non-hydrogen) atoms. The first-order valence-corrected chi connectivity index (χ1v) is 4.96. The lowest BCUT2D eigenvalue weighted by Crippen LogP contribution is -2.32. The third-order valence-corrected chi connectivity index (χ3v) is 1.93. The second kappa shape index (κ2) is 5.52. The van der Waals surface area contributed by atoms with Gasteiger partial charge in [-0.3, -0.25) is 4.79 Å². The minimum Gasteiger partial charge on any atom is -0.343 e. The second-order valence-electron chi connectivity index (χ2n) is 3.58. The van der Waals surface area contributed by atoms with Gasteiger partial charge in [0.2, 0.25) is 5.91 Å². The number of nitrogens with one attached hydrogen (secondary N) is 1. The number of aryl methyl sites for hydroxylation is 1. The summed E-state index contributed by atoms with van der Waals surface area (Å²) >= 11 is 0. The van der Waals surface area contributed by atoms with Crippen molar-refractivity contribution in [2.45, 2.75) is 13.1 Å². The van der Waals surface area contributed by atoms with Crippen LogP contribution in [0.2, 0.25) is 0 Å². The van der Waals surface area contributed by atoms with Crippen molar-refractivity contribution >= 4 is 12.0 Å². The minimum atomic E-state index is -4.38. The van der Waals surface area contributed by atoms with Crippen LogP contribution in [-0.2, 0) is 4.79 Å². The average molecular weight is 243 g/mol. The van der Waals surface area contributed by atoms with Crippen LogP contribution in [0.4, 0.5) is 13.2 Å². The Morgan fingerprint density at radius 2 is 2.12 bits per heavy atom. The van der Waals surface area contributed by atoms with Crippen LogP contribution in [0.15, 0.2) is 30.3 Å². The molecule has 1 N–H and O–H groups in total. The van der Waals surface area contributed by atoms with Crippen molar-refractivity contribution in [2.75, 3.05) is 6.54 Å². The molecule has 5 heteroatoms. The highest BCUT2D eigenvalue weighted by molar-refractivity contribution is 5.91. The third-order valence-electron chi connectivity index (χ3n) is 1.93. The van der Waals surface area contributed by atoms with Crippen molar-refractivity contribution in [1.82, 2.24) is 5.32 Å². The zero-order valence-corrected chi connectivity index (χ0v) is 9.21. The summed E-state index contributed by atoms with van der Waals surface area (Å²) in [5.74, 6) is -0.760. The Labute approximate surface area is 97.1 Å². The van der Waals surface area contributed by atoms with Gasteiger partial charge in [0.15, 0.2) is 0 Å². The van der Waals surface area contributed by atoms with Gasteiger partial charge >= 0.3 is 6.18 Å². The molecule has 0 aromatic heterocycles. The molecule has 2 nitrogen and oxygen atoms in total. The maximum atomic E-state index is 11.8. The molecule has 0 saturated carbocycles. The lowest BCUT2D eigenvalue weighted by molar-refractivity contribution is -0.135. The van der Waals surface area contributed by atoms with E-state index in [4.69, 9.17) is 0 Å². The Hall–Kier alpha value is -1.78. The fraction of sp³-hybridized carbons (Fsp3) is 0.250. The first-order valence-electron chi connectivity index (χ1n) is 4.96. The first-order chi connectivity index (χ1) is 7.87. The largest absolute Gasteiger partial charge is 0.405 e. The molecule has 0 aliphatic heterocycles. The summed E-state index contributed by atoms with van der Waals surface area (Å²) in [7, 11) is 0. The Kier molecular flexibility index (Phi) is 4.31. The molecule has 0 saturated heterocycles. The van der Waals surface area contributed by atoms with E-state index in [9.17, 15) is 18.0 Å². The van der Waals surface area contributed by atoms with E-state index in [0.717, 1.165) is 17.2 Å². The highest BCUT2D eigenvalue weighted by Crippen LogP contribution is 2.12. The molecule has 0 aliphatic rings. The number of amides is 1. The van der Waals surface area contributed by atoms with Gasteiger partial charge in [0.25, 0.3) is 0 Å². The van der Waals surface area contributed by atoms with Gasteiger partial charge in [0, 0.05) is 6.08 Å². The van der Waals surface area contributed by atoms with Crippen LogP contribution in [-0.4, -0.2) is 18.6 Å². The second-order valence-corrected chi connectivity index (χ2v) is 3.58. The predicted octanol–water partition coefficient (Wildman–Crippen LogP) is 2.69. The molecule has 0 atom stereocenters. The summed E-state index contributed by atoms with van der Waals surface area (Å²) in [5.41, 5.74) is 1.79. The lowest BCUT2D eigenvalue weighted by atomic mass is 10.1. The summed E-state index contributed by atoms with van der Waals surface area (Å²) in [6, 6.07) is 7.29. The average Bonchev–Trinajstić information content (AvgIpc) is 2.23. The third kappa shape index (κ3) is 5.75. The van der Waals surface area contributed by atoms with E-state index in [1.165, 1.54) is 6.08 Å². The molecule has 0 aliphatic carbocycles. The zero-order valence-electron chi connectivity index (χ0n) is 9.21. The van der Waals surface area contributed by atoms with Crippen LogP contribution in [0.25, 0.3) is 6.08 Å². The van der Waals surface area contributed by atoms with Gasteiger partial charge in [-0.2, -0.15) is 13.2 Å². The number of hydrogen-bond donors (Lipinski definition) is 1. The Morgan fingerprint density at radius 3 is 2.71 bits per heavy atom. The molecule has 1 amide bonds. The fourth-order valence-corrected chi connectivity index (χ4v) is 1.19. The van der Waals surface area contributed by atoms with Crippen molar-refractivity contribution in [1.29, 1.82) is 0 Å². The highest BCUT2D eigenvalue weighted by atomic mass is 19.4. The number of alkyl halides is 3. The highest BCUT2D eigenvalue weighted by Gasteiger charge is 2.27. The van der Waals surface area contributed by atoms with Gasteiger partial charge < -0.3 is 5.32 Å². The molecule has 92 valence electrons. The van der Waals surface area contributed by atoms with Crippen molar-refractivity contribution in [3.63, 3.8) is 0 Å². The topological polar surface area (TPSA) is 29.1 Å². The molecule has 0 heterocycles. The summed E-state index contributed by atoms with van der Waals surface area (Å²) < 4.78 is 35.4. The number of hydrogen-bond acceptors (Lipinski definition) is 1. The summed E-state index contributed by atoms with van der Waals surface area (Å²) in [6.45, 7) is 0.574. The van der Waals surface area contributed by atoms with Gasteiger partial charge in [-0.1, -0.05) is 29.8 Å². The monoisotopic (exact) mass is 243 g/mol. The lowest BCUT2D eigenvalue weighted by Gasteiger charge is -2.05. The summed E-state index contributed by atoms with van der Waals surface area (Å²) in [6.07, 6.45) is -1.83. The zero-order chi connectivity index (χ0) is 12.9. The van der Waals surface area contributed by atoms with Gasteiger partial charge in [-0.15, -0.1) is 0 Å². The van der Waals surface area contributed by atoms with Crippen molar-refractivity contribution in [2.24, 2.45) is 0 Å². The van der Waals surface area contributed by atoms with Gasteiger partial charge in [0.05, 0.1) is 0 Å². The SMILES string of the molecule is Cc1cccc(/C=C/C(=O)NCC(F)(F)F)c1. The van der Waals surface area contributed by atoms with E-state index in [1.807, 2.05) is 25.1 Å². The van der Waals surface area contributed by atoms with Crippen LogP contribution in [0.5, 0.6) is 0 Å². The molecule has 0 bridgehead atoms. The van der Waals surface area contributed by atoms with E-state index in [2.05, 4.69) is 0 Å². The van der Waals surface area contributed by atoms with Crippen molar-refractivity contribution < 1.29 is 18.0 Å². The molecular formula is C12H12F3NO. The Morgan fingerprint density at radius 1 is 1.41 bits per heavy atom. The maximum Gasteiger partial charge on any atom is 0.405 e. The van der Waals surface area contributed by atoms with E-state index < -0.39 is 18.6 Å². The van der Waals surface area contributed by atoms with E-state index in [1.54, 1.807) is 11.4 Å². The summed E-state index contributed by atoms with van der Waals surface area (Å²) in [5, 5.41) is 1.76. The van der Waals surface area contributed by atoms with Gasteiger partial charge in [0.1, 0.15) is 6.54 Å². The van der Waals surface area contributed by atoms with Crippen LogP contribution in [0.1, 0.15) is 11.1 Å². The van der Waals surface area contributed by atoms with Crippen LogP contribution >= 0.6 is 0 Å². The molecule has 1 aromatic rings. The molecule has 1 rings (SSSR count). The molecule has 1 aromatic carbocycles. The molecule has 0 radical (unpaired) electrons. The molecule has 0 fully saturated rings. The molecule has 0 spiro atoms. The van der Waals surface area contributed by atoms with Gasteiger partial charge in [-0.25, -0.2) is 0 Å². The molecule has 0 unspecified atom stereocenters. The molecular weight excluding hydrogens is 231 g/mol. The van der Waals surface area contributed by atoms with E-state index in [0.29, 0.717) is 0 Å². The van der Waals surface area contributed by atoms with E-state index in [-0.39, 0.29) is 0 Å². The smallest absolute Gasteiger partial charge is 0.343 e. The quantitative estimate of drug-likeness (QED) is 0.812. The number of carbonyl (C=O) groups is 1. The fourth-order valence-electron chi connectivity index (χ4n) is 1.19.